The molecule has 1 aliphatic rings. The number of carbonyl (C=O) groups is 2. The third kappa shape index (κ3) is 4.36. The Bertz CT molecular complexity index is 856. The molecule has 0 bridgehead atoms. The van der Waals surface area contributed by atoms with Gasteiger partial charge in [-0.1, -0.05) is 18.2 Å². The van der Waals surface area contributed by atoms with Crippen LogP contribution in [0.15, 0.2) is 47.4 Å². The molecule has 1 atom stereocenters. The average Bonchev–Trinajstić information content (AvgIpc) is 2.68. The number of hydrogen-bond donors (Lipinski definition) is 1. The zero-order valence-electron chi connectivity index (χ0n) is 15.5. The molecule has 2 aromatic carbocycles. The summed E-state index contributed by atoms with van der Waals surface area (Å²) < 4.78 is 10.5. The van der Waals surface area contributed by atoms with Crippen molar-refractivity contribution in [1.29, 1.82) is 0 Å². The van der Waals surface area contributed by atoms with Crippen molar-refractivity contribution in [2.75, 3.05) is 26.6 Å². The van der Waals surface area contributed by atoms with Crippen LogP contribution in [-0.4, -0.2) is 43.2 Å². The zero-order valence-corrected chi connectivity index (χ0v) is 16.3. The zero-order chi connectivity index (χ0) is 19.4. The number of para-hydroxylation sites is 1. The third-order valence-electron chi connectivity index (χ3n) is 4.36. The van der Waals surface area contributed by atoms with Gasteiger partial charge in [0.1, 0.15) is 0 Å². The van der Waals surface area contributed by atoms with E-state index in [4.69, 9.17) is 9.47 Å². The molecule has 1 heterocycles. The van der Waals surface area contributed by atoms with Gasteiger partial charge >= 0.3 is 0 Å². The van der Waals surface area contributed by atoms with Crippen LogP contribution < -0.4 is 14.8 Å². The SMILES string of the molecule is COc1ccc(CN(C)C(=O)CC2Sc3ccccc3NC2=O)cc1OC. The monoisotopic (exact) mass is 386 g/mol. The fraction of sp³-hybridized carbons (Fsp3) is 0.300. The maximum absolute atomic E-state index is 12.6. The Morgan fingerprint density at radius 2 is 1.89 bits per heavy atom. The Labute approximate surface area is 162 Å². The van der Waals surface area contributed by atoms with Gasteiger partial charge in [-0.25, -0.2) is 0 Å². The van der Waals surface area contributed by atoms with Crippen molar-refractivity contribution in [3.63, 3.8) is 0 Å². The molecule has 1 aliphatic heterocycles. The van der Waals surface area contributed by atoms with Gasteiger partial charge in [0.25, 0.3) is 0 Å². The third-order valence-corrected chi connectivity index (χ3v) is 5.64. The Morgan fingerprint density at radius 3 is 2.63 bits per heavy atom. The number of nitrogens with zero attached hydrogens (tertiary/aromatic N) is 1. The van der Waals surface area contributed by atoms with E-state index in [1.165, 1.54) is 11.8 Å². The van der Waals surface area contributed by atoms with E-state index in [2.05, 4.69) is 5.32 Å². The highest BCUT2D eigenvalue weighted by Gasteiger charge is 2.29. The molecule has 0 fully saturated rings. The first-order valence-electron chi connectivity index (χ1n) is 8.53. The number of benzene rings is 2. The number of amides is 2. The standard InChI is InChI=1S/C20H22N2O4S/c1-22(12-13-8-9-15(25-2)16(10-13)26-3)19(23)11-18-20(24)21-14-6-4-5-7-17(14)27-18/h4-10,18H,11-12H2,1-3H3,(H,21,24). The summed E-state index contributed by atoms with van der Waals surface area (Å²) in [5.74, 6) is 1.04. The number of thioether (sulfide) groups is 1. The van der Waals surface area contributed by atoms with E-state index in [-0.39, 0.29) is 18.2 Å². The normalized spacial score (nSPS) is 15.5. The first-order chi connectivity index (χ1) is 13.0. The van der Waals surface area contributed by atoms with E-state index >= 15 is 0 Å². The highest BCUT2D eigenvalue weighted by molar-refractivity contribution is 8.01. The summed E-state index contributed by atoms with van der Waals surface area (Å²) >= 11 is 1.43. The van der Waals surface area contributed by atoms with Gasteiger partial charge in [-0.2, -0.15) is 0 Å². The molecule has 3 rings (SSSR count). The maximum atomic E-state index is 12.6. The molecule has 0 radical (unpaired) electrons. The van der Waals surface area contributed by atoms with E-state index in [9.17, 15) is 9.59 Å². The van der Waals surface area contributed by atoms with Crippen LogP contribution in [0.25, 0.3) is 0 Å². The minimum atomic E-state index is -0.430. The van der Waals surface area contributed by atoms with Crippen LogP contribution in [0, 0.1) is 0 Å². The molecule has 2 aromatic rings. The number of methoxy groups -OCH3 is 2. The van der Waals surface area contributed by atoms with Gasteiger partial charge in [-0.3, -0.25) is 9.59 Å². The number of fused-ring (bicyclic) bond motifs is 1. The van der Waals surface area contributed by atoms with Crippen molar-refractivity contribution >= 4 is 29.3 Å². The van der Waals surface area contributed by atoms with Crippen LogP contribution in [-0.2, 0) is 16.1 Å². The second kappa shape index (κ2) is 8.35. The molecule has 6 nitrogen and oxygen atoms in total. The summed E-state index contributed by atoms with van der Waals surface area (Å²) in [6.07, 6.45) is 0.147. The van der Waals surface area contributed by atoms with Gasteiger partial charge in [-0.15, -0.1) is 11.8 Å². The molecule has 0 saturated carbocycles. The second-order valence-electron chi connectivity index (χ2n) is 6.24. The van der Waals surface area contributed by atoms with Crippen LogP contribution in [0.4, 0.5) is 5.69 Å². The number of ether oxygens (including phenoxy) is 2. The highest BCUT2D eigenvalue weighted by atomic mass is 32.2. The molecule has 0 aromatic heterocycles. The summed E-state index contributed by atoms with van der Waals surface area (Å²) in [7, 11) is 4.89. The van der Waals surface area contributed by atoms with Crippen molar-refractivity contribution in [3.8, 4) is 11.5 Å². The van der Waals surface area contributed by atoms with Gasteiger partial charge in [0.2, 0.25) is 11.8 Å². The van der Waals surface area contributed by atoms with E-state index in [1.54, 1.807) is 26.2 Å². The molecule has 0 aliphatic carbocycles. The predicted molar refractivity (Wildman–Crippen MR) is 105 cm³/mol. The summed E-state index contributed by atoms with van der Waals surface area (Å²) in [5, 5.41) is 2.44. The average molecular weight is 386 g/mol. The molecule has 7 heteroatoms. The van der Waals surface area contributed by atoms with Gasteiger partial charge in [0.05, 0.1) is 25.2 Å². The van der Waals surface area contributed by atoms with Crippen molar-refractivity contribution in [3.05, 3.63) is 48.0 Å². The van der Waals surface area contributed by atoms with E-state index in [1.807, 2.05) is 42.5 Å². The number of anilines is 1. The van der Waals surface area contributed by atoms with E-state index in [0.717, 1.165) is 16.1 Å². The predicted octanol–water partition coefficient (Wildman–Crippen LogP) is 3.17. The lowest BCUT2D eigenvalue weighted by Gasteiger charge is -2.25. The Balaban J connectivity index is 1.64. The van der Waals surface area contributed by atoms with Crippen LogP contribution in [0.1, 0.15) is 12.0 Å². The van der Waals surface area contributed by atoms with Gasteiger partial charge in [0.15, 0.2) is 11.5 Å². The summed E-state index contributed by atoms with van der Waals surface area (Å²) in [6.45, 7) is 0.425. The smallest absolute Gasteiger partial charge is 0.238 e. The van der Waals surface area contributed by atoms with E-state index < -0.39 is 5.25 Å². The van der Waals surface area contributed by atoms with Crippen molar-refractivity contribution in [2.45, 2.75) is 23.1 Å². The molecule has 0 saturated heterocycles. The Hall–Kier alpha value is -2.67. The largest absolute Gasteiger partial charge is 0.493 e. The lowest BCUT2D eigenvalue weighted by atomic mass is 10.1. The minimum absolute atomic E-state index is 0.0863. The molecule has 1 unspecified atom stereocenters. The van der Waals surface area contributed by atoms with Gasteiger partial charge in [0, 0.05) is 24.9 Å². The van der Waals surface area contributed by atoms with Gasteiger partial charge in [-0.05, 0) is 29.8 Å². The van der Waals surface area contributed by atoms with E-state index in [0.29, 0.717) is 18.0 Å². The number of nitrogens with one attached hydrogen (secondary N) is 1. The molecule has 1 N–H and O–H groups in total. The Morgan fingerprint density at radius 1 is 1.15 bits per heavy atom. The summed E-state index contributed by atoms with van der Waals surface area (Å²) in [4.78, 5) is 27.5. The van der Waals surface area contributed by atoms with Crippen molar-refractivity contribution < 1.29 is 19.1 Å². The first kappa shape index (κ1) is 19.1. The van der Waals surface area contributed by atoms with Crippen LogP contribution in [0.5, 0.6) is 11.5 Å². The highest BCUT2D eigenvalue weighted by Crippen LogP contribution is 2.36. The minimum Gasteiger partial charge on any atom is -0.493 e. The quantitative estimate of drug-likeness (QED) is 0.826. The summed E-state index contributed by atoms with van der Waals surface area (Å²) in [6, 6.07) is 13.2. The summed E-state index contributed by atoms with van der Waals surface area (Å²) in [5.41, 5.74) is 1.73. The molecule has 27 heavy (non-hydrogen) atoms. The van der Waals surface area contributed by atoms with Crippen LogP contribution >= 0.6 is 11.8 Å². The maximum Gasteiger partial charge on any atom is 0.238 e. The molecule has 2 amide bonds. The molecule has 0 spiro atoms. The topological polar surface area (TPSA) is 67.9 Å². The molecule has 142 valence electrons. The molecular formula is C20H22N2O4S. The number of hydrogen-bond acceptors (Lipinski definition) is 5. The first-order valence-corrected chi connectivity index (χ1v) is 9.41. The van der Waals surface area contributed by atoms with Crippen LogP contribution in [0.2, 0.25) is 0 Å². The van der Waals surface area contributed by atoms with Gasteiger partial charge < -0.3 is 19.7 Å². The number of rotatable bonds is 6. The van der Waals surface area contributed by atoms with Crippen molar-refractivity contribution in [1.82, 2.24) is 4.90 Å². The van der Waals surface area contributed by atoms with Crippen molar-refractivity contribution in [2.24, 2.45) is 0 Å². The second-order valence-corrected chi connectivity index (χ2v) is 7.48. The van der Waals surface area contributed by atoms with Crippen LogP contribution in [0.3, 0.4) is 0 Å². The fourth-order valence-corrected chi connectivity index (χ4v) is 3.98. The number of carbonyl (C=O) groups excluding carboxylic acids is 2. The lowest BCUT2D eigenvalue weighted by Crippen LogP contribution is -2.35. The fourth-order valence-electron chi connectivity index (χ4n) is 2.88. The molecular weight excluding hydrogens is 364 g/mol. The lowest BCUT2D eigenvalue weighted by molar-refractivity contribution is -0.131. The Kier molecular flexibility index (Phi) is 5.91.